The van der Waals surface area contributed by atoms with Crippen molar-refractivity contribution in [2.24, 2.45) is 0 Å². The predicted molar refractivity (Wildman–Crippen MR) is 88.6 cm³/mol. The molecule has 1 aromatic heterocycles. The van der Waals surface area contributed by atoms with E-state index >= 15 is 0 Å². The van der Waals surface area contributed by atoms with Gasteiger partial charge in [0.2, 0.25) is 0 Å². The van der Waals surface area contributed by atoms with E-state index < -0.39 is 10.6 Å². The molecule has 0 saturated carbocycles. The number of nitrogens with zero attached hydrogens (tertiary/aromatic N) is 4. The van der Waals surface area contributed by atoms with Crippen LogP contribution >= 0.6 is 11.8 Å². The molecule has 0 saturated heterocycles. The first-order valence-corrected chi connectivity index (χ1v) is 8.19. The summed E-state index contributed by atoms with van der Waals surface area (Å²) in [4.78, 5) is 14.8. The first kappa shape index (κ1) is 14.9. The maximum atomic E-state index is 11.1. The summed E-state index contributed by atoms with van der Waals surface area (Å²) < 4.78 is 1.49. The maximum absolute atomic E-state index is 11.1. The van der Waals surface area contributed by atoms with Crippen molar-refractivity contribution in [2.45, 2.75) is 10.9 Å². The molecule has 2 aromatic carbocycles. The quantitative estimate of drug-likeness (QED) is 0.582. The molecule has 2 heterocycles. The molecule has 4 rings (SSSR count). The Morgan fingerprint density at radius 3 is 2.54 bits per heavy atom. The molecular weight excluding hydrogens is 328 g/mol. The fourth-order valence-electron chi connectivity index (χ4n) is 2.62. The molecule has 0 radical (unpaired) electrons. The van der Waals surface area contributed by atoms with Crippen LogP contribution in [0.15, 0.2) is 59.8 Å². The number of aromatic nitrogens is 3. The Kier molecular flexibility index (Phi) is 3.36. The third-order valence-corrected chi connectivity index (χ3v) is 4.97. The number of hydrogen-bond donors (Lipinski definition) is 1. The first-order valence-electron chi connectivity index (χ1n) is 7.21. The zero-order valence-electron chi connectivity index (χ0n) is 12.4. The first-order chi connectivity index (χ1) is 11.6. The lowest BCUT2D eigenvalue weighted by atomic mass is 10.0. The molecule has 0 aliphatic carbocycles. The highest BCUT2D eigenvalue weighted by molar-refractivity contribution is 7.99. The number of nitro groups is 1. The smallest absolute Gasteiger partial charge is 0.269 e. The highest BCUT2D eigenvalue weighted by atomic mass is 32.2. The Hall–Kier alpha value is -2.71. The number of non-ortho nitro benzene ring substituents is 1. The van der Waals surface area contributed by atoms with Crippen molar-refractivity contribution in [3.05, 3.63) is 70.3 Å². The highest BCUT2D eigenvalue weighted by Gasteiger charge is 2.41. The number of aliphatic hydroxyl groups is 1. The van der Waals surface area contributed by atoms with Crippen molar-refractivity contribution < 1.29 is 10.0 Å². The van der Waals surface area contributed by atoms with Gasteiger partial charge in [0.25, 0.3) is 5.69 Å². The number of nitro benzene ring substituents is 1. The summed E-state index contributed by atoms with van der Waals surface area (Å²) >= 11 is 1.40. The second-order valence-electron chi connectivity index (χ2n) is 5.41. The molecule has 1 unspecified atom stereocenters. The van der Waals surface area contributed by atoms with Gasteiger partial charge in [-0.2, -0.15) is 0 Å². The van der Waals surface area contributed by atoms with Gasteiger partial charge in [0.15, 0.2) is 16.7 Å². The number of hydrogen-bond acceptors (Lipinski definition) is 6. The zero-order valence-corrected chi connectivity index (χ0v) is 13.2. The van der Waals surface area contributed by atoms with Gasteiger partial charge in [-0.15, -0.1) is 5.10 Å². The van der Waals surface area contributed by atoms with Crippen molar-refractivity contribution in [2.75, 3.05) is 5.75 Å². The third kappa shape index (κ3) is 2.27. The van der Waals surface area contributed by atoms with E-state index in [1.165, 1.54) is 28.6 Å². The van der Waals surface area contributed by atoms with Crippen molar-refractivity contribution in [1.29, 1.82) is 0 Å². The largest absolute Gasteiger partial charge is 0.365 e. The molecule has 7 nitrogen and oxygen atoms in total. The minimum Gasteiger partial charge on any atom is -0.365 e. The van der Waals surface area contributed by atoms with Crippen LogP contribution in [0.2, 0.25) is 0 Å². The molecule has 0 fully saturated rings. The molecule has 0 bridgehead atoms. The van der Waals surface area contributed by atoms with E-state index in [1.807, 2.05) is 30.3 Å². The summed E-state index contributed by atoms with van der Waals surface area (Å²) in [5, 5.41) is 26.9. The van der Waals surface area contributed by atoms with Gasteiger partial charge in [-0.25, -0.2) is 9.67 Å². The van der Waals surface area contributed by atoms with E-state index in [9.17, 15) is 15.2 Å². The van der Waals surface area contributed by atoms with Gasteiger partial charge in [0.1, 0.15) is 0 Å². The normalized spacial score (nSPS) is 19.2. The molecule has 8 heteroatoms. The van der Waals surface area contributed by atoms with E-state index in [2.05, 4.69) is 10.1 Å². The van der Waals surface area contributed by atoms with Gasteiger partial charge in [0.05, 0.1) is 10.7 Å². The Balaban J connectivity index is 1.74. The molecule has 1 aliphatic rings. The summed E-state index contributed by atoms with van der Waals surface area (Å²) in [5.41, 5.74) is 0.0292. The molecule has 1 aliphatic heterocycles. The standard InChI is InChI=1S/C16H12N4O3S/c21-16(12-6-8-13(9-7-12)20(22)23)10-24-15-17-14(18-19(15)16)11-4-2-1-3-5-11/h1-9,21H,10H2. The van der Waals surface area contributed by atoms with E-state index in [-0.39, 0.29) is 5.69 Å². The van der Waals surface area contributed by atoms with Crippen LogP contribution in [0.4, 0.5) is 5.69 Å². The van der Waals surface area contributed by atoms with E-state index in [4.69, 9.17) is 0 Å². The lowest BCUT2D eigenvalue weighted by Crippen LogP contribution is -2.34. The molecule has 1 atom stereocenters. The van der Waals surface area contributed by atoms with E-state index in [1.54, 1.807) is 12.1 Å². The van der Waals surface area contributed by atoms with Crippen molar-refractivity contribution >= 4 is 17.4 Å². The minimum absolute atomic E-state index is 0.0169. The third-order valence-electron chi connectivity index (χ3n) is 3.90. The van der Waals surface area contributed by atoms with Gasteiger partial charge in [-0.3, -0.25) is 10.1 Å². The van der Waals surface area contributed by atoms with Gasteiger partial charge < -0.3 is 5.11 Å². The van der Waals surface area contributed by atoms with Crippen molar-refractivity contribution in [1.82, 2.24) is 14.8 Å². The number of rotatable bonds is 3. The monoisotopic (exact) mass is 340 g/mol. The molecular formula is C16H12N4O3S. The maximum Gasteiger partial charge on any atom is 0.269 e. The molecule has 3 aromatic rings. The number of fused-ring (bicyclic) bond motifs is 1. The average Bonchev–Trinajstić information content (AvgIpc) is 3.17. The van der Waals surface area contributed by atoms with Crippen LogP contribution in [0, 0.1) is 10.1 Å². The van der Waals surface area contributed by atoms with Crippen LogP contribution in [0.3, 0.4) is 0 Å². The predicted octanol–water partition coefficient (Wildman–Crippen LogP) is 2.65. The van der Waals surface area contributed by atoms with Crippen LogP contribution in [0.5, 0.6) is 0 Å². The highest BCUT2D eigenvalue weighted by Crippen LogP contribution is 2.40. The zero-order chi connectivity index (χ0) is 16.7. The Labute approximate surface area is 141 Å². The molecule has 24 heavy (non-hydrogen) atoms. The second-order valence-corrected chi connectivity index (χ2v) is 6.35. The Morgan fingerprint density at radius 1 is 1.17 bits per heavy atom. The Morgan fingerprint density at radius 2 is 1.88 bits per heavy atom. The van der Waals surface area contributed by atoms with Crippen molar-refractivity contribution in [3.63, 3.8) is 0 Å². The van der Waals surface area contributed by atoms with Gasteiger partial charge in [0, 0.05) is 23.3 Å². The van der Waals surface area contributed by atoms with E-state index in [0.29, 0.717) is 22.3 Å². The van der Waals surface area contributed by atoms with Crippen molar-refractivity contribution in [3.8, 4) is 11.4 Å². The van der Waals surface area contributed by atoms with Crippen LogP contribution in [-0.2, 0) is 5.72 Å². The summed E-state index contributed by atoms with van der Waals surface area (Å²) in [5.74, 6) is 0.896. The second kappa shape index (κ2) is 5.43. The summed E-state index contributed by atoms with van der Waals surface area (Å²) in [7, 11) is 0. The molecule has 1 N–H and O–H groups in total. The fourth-order valence-corrected chi connectivity index (χ4v) is 3.71. The summed E-state index contributed by atoms with van der Waals surface area (Å²) in [6.45, 7) is 0. The summed E-state index contributed by atoms with van der Waals surface area (Å²) in [6, 6.07) is 15.4. The van der Waals surface area contributed by atoms with E-state index in [0.717, 1.165) is 5.56 Å². The lowest BCUT2D eigenvalue weighted by molar-refractivity contribution is -0.384. The summed E-state index contributed by atoms with van der Waals surface area (Å²) in [6.07, 6.45) is 0. The van der Waals surface area contributed by atoms with Crippen LogP contribution < -0.4 is 0 Å². The Bertz CT molecular complexity index is 911. The average molecular weight is 340 g/mol. The molecule has 120 valence electrons. The van der Waals surface area contributed by atoms with Crippen LogP contribution in [0.25, 0.3) is 11.4 Å². The van der Waals surface area contributed by atoms with Crippen LogP contribution in [-0.4, -0.2) is 30.5 Å². The molecule has 0 amide bonds. The van der Waals surface area contributed by atoms with Gasteiger partial charge in [-0.1, -0.05) is 42.1 Å². The topological polar surface area (TPSA) is 94.1 Å². The lowest BCUT2D eigenvalue weighted by Gasteiger charge is -2.23. The SMILES string of the molecule is O=[N+]([O-])c1ccc(C2(O)CSc3nc(-c4ccccc4)nn32)cc1. The minimum atomic E-state index is -1.37. The van der Waals surface area contributed by atoms with Gasteiger partial charge in [-0.05, 0) is 12.1 Å². The van der Waals surface area contributed by atoms with Gasteiger partial charge >= 0.3 is 0 Å². The number of thioether (sulfide) groups is 1. The van der Waals surface area contributed by atoms with Crippen LogP contribution in [0.1, 0.15) is 5.56 Å². The fraction of sp³-hybridized carbons (Fsp3) is 0.125. The molecule has 0 spiro atoms. The number of benzene rings is 2.